The molecule has 3 aromatic rings. The molecule has 3 rings (SSSR count). The fraction of sp³-hybridized carbons (Fsp3) is 0.200. The number of nitrogens with zero attached hydrogens (tertiary/aromatic N) is 4. The second-order valence-corrected chi connectivity index (χ2v) is 6.54. The van der Waals surface area contributed by atoms with Crippen molar-refractivity contribution in [1.29, 1.82) is 0 Å². The first-order valence-corrected chi connectivity index (χ1v) is 8.27. The Balaban J connectivity index is 1.81. The number of thiazole rings is 1. The van der Waals surface area contributed by atoms with E-state index >= 15 is 0 Å². The van der Waals surface area contributed by atoms with Gasteiger partial charge in [0.2, 0.25) is 0 Å². The average Bonchev–Trinajstić information content (AvgIpc) is 3.10. The van der Waals surface area contributed by atoms with Crippen LogP contribution in [-0.2, 0) is 13.6 Å². The van der Waals surface area contributed by atoms with Crippen LogP contribution in [0, 0.1) is 0 Å². The van der Waals surface area contributed by atoms with Crippen molar-refractivity contribution in [3.8, 4) is 11.3 Å². The molecule has 4 nitrogen and oxygen atoms in total. The first-order chi connectivity index (χ1) is 10.6. The van der Waals surface area contributed by atoms with E-state index in [2.05, 4.69) is 9.97 Å². The van der Waals surface area contributed by atoms with Crippen molar-refractivity contribution in [2.45, 2.75) is 6.54 Å². The van der Waals surface area contributed by atoms with Crippen LogP contribution in [0.4, 0.5) is 5.13 Å². The Hall–Kier alpha value is -1.56. The number of aromatic nitrogens is 3. The molecular formula is C15H14Cl2N4S. The standard InChI is InChI=1S/C15H14Cl2N4S/c1-20(8-14-18-7-13(17)21(14)2)15-19-12(9-22-15)10-5-3-4-6-11(10)16/h3-7,9H,8H2,1-2H3. The maximum absolute atomic E-state index is 6.22. The number of benzene rings is 1. The Morgan fingerprint density at radius 2 is 2.05 bits per heavy atom. The second-order valence-electron chi connectivity index (χ2n) is 4.91. The molecule has 1 aromatic carbocycles. The van der Waals surface area contributed by atoms with Crippen LogP contribution in [0.1, 0.15) is 5.82 Å². The van der Waals surface area contributed by atoms with Crippen LogP contribution >= 0.6 is 34.5 Å². The molecule has 7 heteroatoms. The van der Waals surface area contributed by atoms with E-state index in [9.17, 15) is 0 Å². The number of hydrogen-bond acceptors (Lipinski definition) is 4. The number of imidazole rings is 1. The Morgan fingerprint density at radius 1 is 1.27 bits per heavy atom. The van der Waals surface area contributed by atoms with Crippen LogP contribution in [0.2, 0.25) is 10.2 Å². The maximum atomic E-state index is 6.22. The minimum Gasteiger partial charge on any atom is -0.344 e. The molecule has 0 unspecified atom stereocenters. The summed E-state index contributed by atoms with van der Waals surface area (Å²) in [4.78, 5) is 11.0. The van der Waals surface area contributed by atoms with Gasteiger partial charge in [-0.05, 0) is 6.07 Å². The molecule has 114 valence electrons. The molecule has 0 amide bonds. The lowest BCUT2D eigenvalue weighted by Gasteiger charge is -2.15. The largest absolute Gasteiger partial charge is 0.344 e. The lowest BCUT2D eigenvalue weighted by Crippen LogP contribution is -2.18. The number of halogens is 2. The van der Waals surface area contributed by atoms with E-state index in [1.54, 1.807) is 17.5 Å². The van der Waals surface area contributed by atoms with E-state index in [0.29, 0.717) is 16.7 Å². The number of anilines is 1. The minimum absolute atomic E-state index is 0.624. The van der Waals surface area contributed by atoms with Gasteiger partial charge in [0.1, 0.15) is 11.0 Å². The summed E-state index contributed by atoms with van der Waals surface area (Å²) in [6.45, 7) is 0.638. The molecule has 2 aromatic heterocycles. The van der Waals surface area contributed by atoms with Crippen LogP contribution in [0.15, 0.2) is 35.8 Å². The second kappa shape index (κ2) is 6.28. The van der Waals surface area contributed by atoms with Gasteiger partial charge in [-0.2, -0.15) is 0 Å². The summed E-state index contributed by atoms with van der Waals surface area (Å²) in [5.74, 6) is 0.891. The van der Waals surface area contributed by atoms with Gasteiger partial charge < -0.3 is 9.47 Å². The third kappa shape index (κ3) is 2.97. The molecule has 2 heterocycles. The molecule has 0 bridgehead atoms. The predicted octanol–water partition coefficient (Wildman–Crippen LogP) is 4.49. The molecule has 0 saturated heterocycles. The molecule has 22 heavy (non-hydrogen) atoms. The Labute approximate surface area is 143 Å². The van der Waals surface area contributed by atoms with Crippen LogP contribution < -0.4 is 4.90 Å². The Morgan fingerprint density at radius 3 is 2.73 bits per heavy atom. The van der Waals surface area contributed by atoms with Gasteiger partial charge in [-0.15, -0.1) is 11.3 Å². The summed E-state index contributed by atoms with van der Waals surface area (Å²) >= 11 is 13.8. The highest BCUT2D eigenvalue weighted by molar-refractivity contribution is 7.14. The first kappa shape index (κ1) is 15.3. The van der Waals surface area contributed by atoms with Gasteiger partial charge in [-0.3, -0.25) is 0 Å². The third-order valence-electron chi connectivity index (χ3n) is 3.37. The van der Waals surface area contributed by atoms with Crippen LogP contribution in [0.5, 0.6) is 0 Å². The summed E-state index contributed by atoms with van der Waals surface area (Å²) < 4.78 is 1.86. The van der Waals surface area contributed by atoms with E-state index in [0.717, 1.165) is 22.2 Å². The minimum atomic E-state index is 0.624. The van der Waals surface area contributed by atoms with Crippen molar-refractivity contribution in [2.75, 3.05) is 11.9 Å². The van der Waals surface area contributed by atoms with Gasteiger partial charge in [0, 0.05) is 30.1 Å². The molecule has 0 spiro atoms. The lowest BCUT2D eigenvalue weighted by atomic mass is 10.2. The van der Waals surface area contributed by atoms with Crippen molar-refractivity contribution in [1.82, 2.24) is 14.5 Å². The van der Waals surface area contributed by atoms with Crippen molar-refractivity contribution >= 4 is 39.7 Å². The smallest absolute Gasteiger partial charge is 0.186 e. The average molecular weight is 353 g/mol. The molecule has 0 fully saturated rings. The summed E-state index contributed by atoms with van der Waals surface area (Å²) in [5, 5.41) is 4.25. The van der Waals surface area contributed by atoms with Crippen LogP contribution in [0.3, 0.4) is 0 Å². The summed E-state index contributed by atoms with van der Waals surface area (Å²) in [7, 11) is 3.88. The van der Waals surface area contributed by atoms with Gasteiger partial charge in [0.15, 0.2) is 5.13 Å². The zero-order valence-corrected chi connectivity index (χ0v) is 14.5. The number of rotatable bonds is 4. The predicted molar refractivity (Wildman–Crippen MR) is 92.9 cm³/mol. The van der Waals surface area contributed by atoms with Crippen molar-refractivity contribution < 1.29 is 0 Å². The SMILES string of the molecule is CN(Cc1ncc(Cl)n1C)c1nc(-c2ccccc2Cl)cs1. The van der Waals surface area contributed by atoms with Crippen molar-refractivity contribution in [3.05, 3.63) is 51.8 Å². The summed E-state index contributed by atoms with van der Waals surface area (Å²) in [6, 6.07) is 7.71. The van der Waals surface area contributed by atoms with Crippen molar-refractivity contribution in [2.24, 2.45) is 7.05 Å². The molecule has 0 aliphatic rings. The molecule has 0 N–H and O–H groups in total. The first-order valence-electron chi connectivity index (χ1n) is 6.64. The van der Waals surface area contributed by atoms with E-state index in [1.807, 2.05) is 53.2 Å². The molecule has 0 saturated carbocycles. The van der Waals surface area contributed by atoms with Crippen molar-refractivity contribution in [3.63, 3.8) is 0 Å². The summed E-state index contributed by atoms with van der Waals surface area (Å²) in [6.07, 6.45) is 1.65. The molecule has 0 aliphatic carbocycles. The quantitative estimate of drug-likeness (QED) is 0.693. The zero-order valence-electron chi connectivity index (χ0n) is 12.1. The van der Waals surface area contributed by atoms with E-state index < -0.39 is 0 Å². The van der Waals surface area contributed by atoms with Gasteiger partial charge in [-0.25, -0.2) is 9.97 Å². The highest BCUT2D eigenvalue weighted by Gasteiger charge is 2.13. The fourth-order valence-electron chi connectivity index (χ4n) is 2.08. The van der Waals surface area contributed by atoms with E-state index in [1.165, 1.54) is 0 Å². The topological polar surface area (TPSA) is 34.0 Å². The molecular weight excluding hydrogens is 339 g/mol. The van der Waals surface area contributed by atoms with Gasteiger partial charge >= 0.3 is 0 Å². The van der Waals surface area contributed by atoms with Gasteiger partial charge in [0.05, 0.1) is 18.4 Å². The fourth-order valence-corrected chi connectivity index (χ4v) is 3.25. The molecule has 0 aliphatic heterocycles. The molecule has 0 radical (unpaired) electrons. The normalized spacial score (nSPS) is 10.9. The third-order valence-corrected chi connectivity index (χ3v) is 5.01. The van der Waals surface area contributed by atoms with Crippen LogP contribution in [-0.4, -0.2) is 21.6 Å². The number of hydrogen-bond donors (Lipinski definition) is 0. The summed E-state index contributed by atoms with van der Waals surface area (Å²) in [5.41, 5.74) is 1.83. The van der Waals surface area contributed by atoms with E-state index in [-0.39, 0.29) is 0 Å². The van der Waals surface area contributed by atoms with E-state index in [4.69, 9.17) is 23.2 Å². The van der Waals surface area contributed by atoms with Gasteiger partial charge in [0.25, 0.3) is 0 Å². The lowest BCUT2D eigenvalue weighted by molar-refractivity contribution is 0.760. The highest BCUT2D eigenvalue weighted by Crippen LogP contribution is 2.31. The van der Waals surface area contributed by atoms with Gasteiger partial charge in [-0.1, -0.05) is 41.4 Å². The molecule has 0 atom stereocenters. The monoisotopic (exact) mass is 352 g/mol. The zero-order chi connectivity index (χ0) is 15.7. The van der Waals surface area contributed by atoms with Crippen LogP contribution in [0.25, 0.3) is 11.3 Å². The maximum Gasteiger partial charge on any atom is 0.186 e. The Bertz CT molecular complexity index is 796. The highest BCUT2D eigenvalue weighted by atomic mass is 35.5. The Kier molecular flexibility index (Phi) is 4.38.